The Morgan fingerprint density at radius 1 is 1.13 bits per heavy atom. The molecule has 0 bridgehead atoms. The summed E-state index contributed by atoms with van der Waals surface area (Å²) in [6, 6.07) is 15.0. The van der Waals surface area contributed by atoms with Gasteiger partial charge in [-0.25, -0.2) is 4.98 Å². The lowest BCUT2D eigenvalue weighted by Gasteiger charge is -2.30. The van der Waals surface area contributed by atoms with E-state index in [1.165, 1.54) is 12.1 Å². The highest BCUT2D eigenvalue weighted by Crippen LogP contribution is 2.32. The largest absolute Gasteiger partial charge is 0.436 e. The number of anilines is 2. The first kappa shape index (κ1) is 25.6. The first-order valence-electron chi connectivity index (χ1n) is 11.7. The second-order valence-electron chi connectivity index (χ2n) is 8.65. The van der Waals surface area contributed by atoms with Crippen LogP contribution in [0.15, 0.2) is 59.0 Å². The van der Waals surface area contributed by atoms with E-state index in [2.05, 4.69) is 15.6 Å². The predicted octanol–water partition coefficient (Wildman–Crippen LogP) is 5.33. The number of carbonyl (C=O) groups is 1. The van der Waals surface area contributed by atoms with Crippen molar-refractivity contribution in [1.82, 2.24) is 10.3 Å². The minimum Gasteiger partial charge on any atom is -0.436 e. The van der Waals surface area contributed by atoms with Gasteiger partial charge in [0.2, 0.25) is 5.89 Å². The predicted molar refractivity (Wildman–Crippen MR) is 149 cm³/mol. The van der Waals surface area contributed by atoms with Gasteiger partial charge in [-0.3, -0.25) is 20.2 Å². The van der Waals surface area contributed by atoms with Gasteiger partial charge in [0.25, 0.3) is 11.6 Å². The van der Waals surface area contributed by atoms with Gasteiger partial charge >= 0.3 is 0 Å². The van der Waals surface area contributed by atoms with E-state index in [1.54, 1.807) is 24.3 Å². The Morgan fingerprint density at radius 3 is 2.66 bits per heavy atom. The zero-order valence-electron chi connectivity index (χ0n) is 20.2. The lowest BCUT2D eigenvalue weighted by molar-refractivity contribution is -0.384. The molecule has 0 aliphatic carbocycles. The maximum absolute atomic E-state index is 13.2. The number of thiocarbonyl (C=S) groups is 1. The first-order valence-corrected chi connectivity index (χ1v) is 12.5. The van der Waals surface area contributed by atoms with Gasteiger partial charge in [-0.2, -0.15) is 0 Å². The molecule has 1 amide bonds. The van der Waals surface area contributed by atoms with Gasteiger partial charge < -0.3 is 19.4 Å². The van der Waals surface area contributed by atoms with Gasteiger partial charge in [0.1, 0.15) is 5.52 Å². The number of nitrogens with zero attached hydrogens (tertiary/aromatic N) is 3. The van der Waals surface area contributed by atoms with E-state index in [-0.39, 0.29) is 16.4 Å². The maximum atomic E-state index is 13.2. The minimum atomic E-state index is -0.563. The van der Waals surface area contributed by atoms with Crippen LogP contribution in [0, 0.1) is 17.0 Å². The van der Waals surface area contributed by atoms with Crippen LogP contribution in [0.1, 0.15) is 15.9 Å². The minimum absolute atomic E-state index is 0.0269. The van der Waals surface area contributed by atoms with Gasteiger partial charge in [-0.1, -0.05) is 17.7 Å². The molecule has 5 rings (SSSR count). The second kappa shape index (κ2) is 10.7. The number of nitro benzene ring substituents is 1. The number of benzene rings is 3. The van der Waals surface area contributed by atoms with Gasteiger partial charge in [0, 0.05) is 30.9 Å². The summed E-state index contributed by atoms with van der Waals surface area (Å²) in [7, 11) is 0. The van der Waals surface area contributed by atoms with Gasteiger partial charge in [0.05, 0.1) is 40.0 Å². The Morgan fingerprint density at radius 2 is 1.92 bits per heavy atom. The molecule has 0 radical (unpaired) electrons. The summed E-state index contributed by atoms with van der Waals surface area (Å²) in [5, 5.41) is 17.5. The third-order valence-electron chi connectivity index (χ3n) is 6.01. The normalized spacial score (nSPS) is 13.4. The SMILES string of the molecule is Cc1ccc(-c2nc3cc(NC(=S)NC(=O)c4cc([N+](=O)[O-])ccc4N4CCOCC4)ccc3o2)c(Cl)c1. The highest BCUT2D eigenvalue weighted by Gasteiger charge is 2.23. The fraction of sp³-hybridized carbons (Fsp3) is 0.192. The molecule has 3 aromatic carbocycles. The number of ether oxygens (including phenoxy) is 1. The Bertz CT molecular complexity index is 1570. The van der Waals surface area contributed by atoms with Gasteiger partial charge in [-0.15, -0.1) is 0 Å². The summed E-state index contributed by atoms with van der Waals surface area (Å²) in [5.41, 5.74) is 3.95. The summed E-state index contributed by atoms with van der Waals surface area (Å²) >= 11 is 11.7. The lowest BCUT2D eigenvalue weighted by atomic mass is 10.1. The summed E-state index contributed by atoms with van der Waals surface area (Å²) in [6.07, 6.45) is 0. The van der Waals surface area contributed by atoms with Crippen LogP contribution in [0.2, 0.25) is 5.02 Å². The molecule has 0 atom stereocenters. The third-order valence-corrected chi connectivity index (χ3v) is 6.53. The van der Waals surface area contributed by atoms with Gasteiger partial charge in [0.15, 0.2) is 10.7 Å². The molecule has 12 heteroatoms. The molecular weight excluding hydrogens is 530 g/mol. The number of oxazole rings is 1. The van der Waals surface area contributed by atoms with Crippen molar-refractivity contribution in [2.45, 2.75) is 6.92 Å². The Balaban J connectivity index is 1.34. The number of amides is 1. The van der Waals surface area contributed by atoms with Crippen LogP contribution in [0.4, 0.5) is 17.1 Å². The fourth-order valence-electron chi connectivity index (χ4n) is 4.15. The lowest BCUT2D eigenvalue weighted by Crippen LogP contribution is -2.39. The van der Waals surface area contributed by atoms with Gasteiger partial charge in [-0.05, 0) is 61.1 Å². The number of fused-ring (bicyclic) bond motifs is 1. The van der Waals surface area contributed by atoms with E-state index in [1.807, 2.05) is 30.0 Å². The number of non-ortho nitro benzene ring substituents is 1. The van der Waals surface area contributed by atoms with Crippen molar-refractivity contribution in [3.63, 3.8) is 0 Å². The monoisotopic (exact) mass is 551 g/mol. The van der Waals surface area contributed by atoms with Crippen molar-refractivity contribution in [2.75, 3.05) is 36.5 Å². The molecule has 10 nitrogen and oxygen atoms in total. The number of aryl methyl sites for hydroxylation is 1. The number of hydrogen-bond donors (Lipinski definition) is 2. The number of morpholine rings is 1. The summed E-state index contributed by atoms with van der Waals surface area (Å²) < 4.78 is 11.2. The van der Waals surface area contributed by atoms with Crippen molar-refractivity contribution in [1.29, 1.82) is 0 Å². The highest BCUT2D eigenvalue weighted by molar-refractivity contribution is 7.80. The molecule has 1 fully saturated rings. The molecule has 2 N–H and O–H groups in total. The standard InChI is InChI=1S/C26H22ClN5O5S/c1-15-2-5-18(20(27)12-15)25-29-21-13-16(3-7-23(21)37-25)28-26(38)30-24(33)19-14-17(32(34)35)4-6-22(19)31-8-10-36-11-9-31/h2-7,12-14H,8-11H2,1H3,(H2,28,30,33,38). The Kier molecular flexibility index (Phi) is 7.23. The molecule has 4 aromatic rings. The van der Waals surface area contributed by atoms with Crippen LogP contribution in [0.5, 0.6) is 0 Å². The average molecular weight is 552 g/mol. The zero-order valence-corrected chi connectivity index (χ0v) is 21.8. The van der Waals surface area contributed by atoms with E-state index in [0.29, 0.717) is 65.3 Å². The molecule has 1 aliphatic rings. The number of aromatic nitrogens is 1. The van der Waals surface area contributed by atoms with Crippen molar-refractivity contribution in [2.24, 2.45) is 0 Å². The molecule has 2 heterocycles. The molecule has 1 aromatic heterocycles. The maximum Gasteiger partial charge on any atom is 0.270 e. The molecule has 0 unspecified atom stereocenters. The van der Waals surface area contributed by atoms with E-state index >= 15 is 0 Å². The van der Waals surface area contributed by atoms with Crippen molar-refractivity contribution < 1.29 is 18.9 Å². The van der Waals surface area contributed by atoms with E-state index in [9.17, 15) is 14.9 Å². The van der Waals surface area contributed by atoms with Crippen LogP contribution in [0.3, 0.4) is 0 Å². The molecular formula is C26H22ClN5O5S. The quantitative estimate of drug-likeness (QED) is 0.192. The summed E-state index contributed by atoms with van der Waals surface area (Å²) in [4.78, 5) is 30.4. The second-order valence-corrected chi connectivity index (χ2v) is 9.47. The van der Waals surface area contributed by atoms with E-state index < -0.39 is 10.8 Å². The van der Waals surface area contributed by atoms with Crippen molar-refractivity contribution >= 4 is 63.0 Å². The Labute approximate surface area is 227 Å². The fourth-order valence-corrected chi connectivity index (χ4v) is 4.67. The first-order chi connectivity index (χ1) is 18.3. The van der Waals surface area contributed by atoms with Crippen molar-refractivity contribution in [3.05, 3.63) is 80.9 Å². The summed E-state index contributed by atoms with van der Waals surface area (Å²) in [6.45, 7) is 4.08. The number of carbonyl (C=O) groups excluding carboxylic acids is 1. The third kappa shape index (κ3) is 5.44. The molecule has 1 aliphatic heterocycles. The zero-order chi connectivity index (χ0) is 26.8. The van der Waals surface area contributed by atoms with Crippen LogP contribution in [0.25, 0.3) is 22.6 Å². The number of rotatable bonds is 5. The molecule has 38 heavy (non-hydrogen) atoms. The average Bonchev–Trinajstić information content (AvgIpc) is 3.31. The topological polar surface area (TPSA) is 123 Å². The number of hydrogen-bond acceptors (Lipinski definition) is 8. The van der Waals surface area contributed by atoms with Crippen LogP contribution >= 0.6 is 23.8 Å². The Hall–Kier alpha value is -4.06. The summed E-state index contributed by atoms with van der Waals surface area (Å²) in [5.74, 6) is -0.175. The van der Waals surface area contributed by atoms with Crippen LogP contribution < -0.4 is 15.5 Å². The molecule has 194 valence electrons. The number of nitrogens with one attached hydrogen (secondary N) is 2. The molecule has 0 saturated carbocycles. The molecule has 1 saturated heterocycles. The van der Waals surface area contributed by atoms with E-state index in [0.717, 1.165) is 5.56 Å². The number of nitro groups is 1. The van der Waals surface area contributed by atoms with Crippen molar-refractivity contribution in [3.8, 4) is 11.5 Å². The molecule has 0 spiro atoms. The smallest absolute Gasteiger partial charge is 0.270 e. The highest BCUT2D eigenvalue weighted by atomic mass is 35.5. The van der Waals surface area contributed by atoms with Crippen LogP contribution in [-0.4, -0.2) is 47.2 Å². The number of halogens is 1. The van der Waals surface area contributed by atoms with E-state index in [4.69, 9.17) is 33.0 Å². The van der Waals surface area contributed by atoms with Crippen LogP contribution in [-0.2, 0) is 4.74 Å².